The average molecular weight is 332 g/mol. The van der Waals surface area contributed by atoms with Gasteiger partial charge in [-0.2, -0.15) is 0 Å². The Hall–Kier alpha value is -1.46. The van der Waals surface area contributed by atoms with Crippen molar-refractivity contribution in [2.75, 3.05) is 24.6 Å². The molecule has 0 bridgehead atoms. The first kappa shape index (κ1) is 16.4. The Morgan fingerprint density at radius 2 is 2.09 bits per heavy atom. The highest BCUT2D eigenvalue weighted by atomic mass is 32.2. The molecule has 1 saturated heterocycles. The molecule has 0 spiro atoms. The van der Waals surface area contributed by atoms with Crippen molar-refractivity contribution in [2.45, 2.75) is 26.8 Å². The third-order valence-electron chi connectivity index (χ3n) is 4.45. The summed E-state index contributed by atoms with van der Waals surface area (Å²) in [6.07, 6.45) is 0.965. The van der Waals surface area contributed by atoms with Gasteiger partial charge in [0.2, 0.25) is 0 Å². The van der Waals surface area contributed by atoms with Crippen LogP contribution in [-0.2, 0) is 22.8 Å². The molecule has 4 nitrogen and oxygen atoms in total. The van der Waals surface area contributed by atoms with Gasteiger partial charge in [0.15, 0.2) is 9.84 Å². The molecule has 0 amide bonds. The molecule has 5 heteroatoms. The summed E-state index contributed by atoms with van der Waals surface area (Å²) in [6, 6.07) is 10.5. The highest BCUT2D eigenvalue weighted by molar-refractivity contribution is 7.91. The predicted molar refractivity (Wildman–Crippen MR) is 94.2 cm³/mol. The highest BCUT2D eigenvalue weighted by Crippen LogP contribution is 2.19. The quantitative estimate of drug-likeness (QED) is 0.867. The topological polar surface area (TPSA) is 50.3 Å². The van der Waals surface area contributed by atoms with Crippen LogP contribution >= 0.6 is 0 Å². The number of benzene rings is 1. The van der Waals surface area contributed by atoms with E-state index in [9.17, 15) is 8.42 Å². The molecule has 1 aromatic heterocycles. The minimum absolute atomic E-state index is 0.175. The lowest BCUT2D eigenvalue weighted by molar-refractivity contribution is 0.254. The zero-order valence-corrected chi connectivity index (χ0v) is 14.6. The first-order chi connectivity index (χ1) is 11.0. The summed E-state index contributed by atoms with van der Waals surface area (Å²) in [5, 5.41) is 1.17. The van der Waals surface area contributed by atoms with Gasteiger partial charge >= 0.3 is 0 Å². The summed E-state index contributed by atoms with van der Waals surface area (Å²) in [4.78, 5) is 7.06. The van der Waals surface area contributed by atoms with E-state index in [0.717, 1.165) is 24.2 Å². The molecule has 0 radical (unpaired) electrons. The zero-order valence-electron chi connectivity index (χ0n) is 13.8. The standard InChI is InChI=1S/C18H24N2O2S/c1-3-15-5-4-6-16-7-8-17(19-18(15)16)12-20-9-10-23(21,22)13-14(2)11-20/h4-8,14H,3,9-13H2,1-2H3. The highest BCUT2D eigenvalue weighted by Gasteiger charge is 2.24. The van der Waals surface area contributed by atoms with Gasteiger partial charge in [0.25, 0.3) is 0 Å². The fourth-order valence-electron chi connectivity index (χ4n) is 3.36. The summed E-state index contributed by atoms with van der Waals surface area (Å²) in [5.74, 6) is 0.730. The normalized spacial score (nSPS) is 22.1. The van der Waals surface area contributed by atoms with E-state index in [1.807, 2.05) is 6.92 Å². The lowest BCUT2D eigenvalue weighted by Gasteiger charge is -2.21. The SMILES string of the molecule is CCc1cccc2ccc(CN3CCS(=O)(=O)CC(C)C3)nc12. The number of nitrogens with zero attached hydrogens (tertiary/aromatic N) is 2. The van der Waals surface area contributed by atoms with E-state index < -0.39 is 9.84 Å². The molecule has 1 aliphatic heterocycles. The Bertz CT molecular complexity index is 802. The smallest absolute Gasteiger partial charge is 0.151 e. The van der Waals surface area contributed by atoms with Crippen LogP contribution < -0.4 is 0 Å². The molecule has 3 rings (SSSR count). The second-order valence-corrected chi connectivity index (χ2v) is 8.83. The van der Waals surface area contributed by atoms with Crippen molar-refractivity contribution in [1.82, 2.24) is 9.88 Å². The Kier molecular flexibility index (Phi) is 4.69. The van der Waals surface area contributed by atoms with Gasteiger partial charge in [-0.3, -0.25) is 9.88 Å². The summed E-state index contributed by atoms with van der Waals surface area (Å²) in [6.45, 7) is 6.29. The molecule has 0 saturated carbocycles. The largest absolute Gasteiger partial charge is 0.296 e. The number of rotatable bonds is 3. The number of hydrogen-bond donors (Lipinski definition) is 0. The van der Waals surface area contributed by atoms with Crippen LogP contribution in [0.2, 0.25) is 0 Å². The molecule has 2 aromatic rings. The number of aryl methyl sites for hydroxylation is 1. The predicted octanol–water partition coefficient (Wildman–Crippen LogP) is 2.66. The number of sulfone groups is 1. The first-order valence-electron chi connectivity index (χ1n) is 8.27. The van der Waals surface area contributed by atoms with Crippen molar-refractivity contribution in [1.29, 1.82) is 0 Å². The van der Waals surface area contributed by atoms with Gasteiger partial charge in [-0.1, -0.05) is 38.1 Å². The Labute approximate surface area is 138 Å². The maximum absolute atomic E-state index is 11.9. The minimum atomic E-state index is -2.90. The summed E-state index contributed by atoms with van der Waals surface area (Å²) in [5.41, 5.74) is 3.35. The van der Waals surface area contributed by atoms with Crippen molar-refractivity contribution in [3.8, 4) is 0 Å². The molecule has 1 fully saturated rings. The molecule has 124 valence electrons. The van der Waals surface area contributed by atoms with Crippen molar-refractivity contribution in [2.24, 2.45) is 5.92 Å². The van der Waals surface area contributed by atoms with Crippen LogP contribution in [0.3, 0.4) is 0 Å². The maximum Gasteiger partial charge on any atom is 0.151 e. The molecule has 1 atom stereocenters. The van der Waals surface area contributed by atoms with Gasteiger partial charge in [-0.05, 0) is 24.0 Å². The molecular formula is C18H24N2O2S. The molecule has 1 aliphatic rings. The molecule has 1 aromatic carbocycles. The van der Waals surface area contributed by atoms with Gasteiger partial charge < -0.3 is 0 Å². The van der Waals surface area contributed by atoms with Crippen molar-refractivity contribution in [3.63, 3.8) is 0 Å². The van der Waals surface area contributed by atoms with E-state index in [1.165, 1.54) is 10.9 Å². The molecule has 1 unspecified atom stereocenters. The minimum Gasteiger partial charge on any atom is -0.296 e. The number of aromatic nitrogens is 1. The van der Waals surface area contributed by atoms with Gasteiger partial charge in [0, 0.05) is 25.0 Å². The zero-order chi connectivity index (χ0) is 16.4. The van der Waals surface area contributed by atoms with Gasteiger partial charge in [-0.25, -0.2) is 8.42 Å². The molecule has 2 heterocycles. The first-order valence-corrected chi connectivity index (χ1v) is 10.1. The van der Waals surface area contributed by atoms with E-state index >= 15 is 0 Å². The van der Waals surface area contributed by atoms with Crippen molar-refractivity contribution in [3.05, 3.63) is 41.6 Å². The monoisotopic (exact) mass is 332 g/mol. The molecule has 0 aliphatic carbocycles. The third-order valence-corrected chi connectivity index (χ3v) is 6.34. The molecular weight excluding hydrogens is 308 g/mol. The number of pyridine rings is 1. The van der Waals surface area contributed by atoms with Gasteiger partial charge in [0.1, 0.15) is 0 Å². The third kappa shape index (κ3) is 3.90. The Balaban J connectivity index is 1.84. The van der Waals surface area contributed by atoms with Gasteiger partial charge in [-0.15, -0.1) is 0 Å². The molecule has 23 heavy (non-hydrogen) atoms. The molecule has 0 N–H and O–H groups in total. The van der Waals surface area contributed by atoms with Crippen molar-refractivity contribution >= 4 is 20.7 Å². The summed E-state index contributed by atoms with van der Waals surface area (Å²) < 4.78 is 23.8. The lowest BCUT2D eigenvalue weighted by Crippen LogP contribution is -2.29. The number of hydrogen-bond acceptors (Lipinski definition) is 4. The second-order valence-electron chi connectivity index (χ2n) is 6.60. The van der Waals surface area contributed by atoms with Crippen LogP contribution in [0.4, 0.5) is 0 Å². The van der Waals surface area contributed by atoms with Gasteiger partial charge in [0.05, 0.1) is 22.7 Å². The Morgan fingerprint density at radius 1 is 1.26 bits per heavy atom. The van der Waals surface area contributed by atoms with E-state index in [2.05, 4.69) is 42.2 Å². The fourth-order valence-corrected chi connectivity index (χ4v) is 5.04. The lowest BCUT2D eigenvalue weighted by atomic mass is 10.1. The van der Waals surface area contributed by atoms with E-state index in [0.29, 0.717) is 18.8 Å². The summed E-state index contributed by atoms with van der Waals surface area (Å²) >= 11 is 0. The van der Waals surface area contributed by atoms with Crippen LogP contribution in [-0.4, -0.2) is 42.9 Å². The number of fused-ring (bicyclic) bond motifs is 1. The van der Waals surface area contributed by atoms with Crippen LogP contribution in [0.25, 0.3) is 10.9 Å². The van der Waals surface area contributed by atoms with Crippen LogP contribution in [0.15, 0.2) is 30.3 Å². The van der Waals surface area contributed by atoms with Crippen LogP contribution in [0, 0.1) is 5.92 Å². The second kappa shape index (κ2) is 6.57. The summed E-state index contributed by atoms with van der Waals surface area (Å²) in [7, 11) is -2.90. The van der Waals surface area contributed by atoms with Crippen LogP contribution in [0.5, 0.6) is 0 Å². The number of para-hydroxylation sites is 1. The van der Waals surface area contributed by atoms with E-state index in [-0.39, 0.29) is 11.7 Å². The fraction of sp³-hybridized carbons (Fsp3) is 0.500. The van der Waals surface area contributed by atoms with E-state index in [4.69, 9.17) is 4.98 Å². The van der Waals surface area contributed by atoms with Crippen molar-refractivity contribution < 1.29 is 8.42 Å². The Morgan fingerprint density at radius 3 is 2.87 bits per heavy atom. The van der Waals surface area contributed by atoms with E-state index in [1.54, 1.807) is 0 Å². The van der Waals surface area contributed by atoms with Crippen LogP contribution in [0.1, 0.15) is 25.1 Å². The maximum atomic E-state index is 11.9. The average Bonchev–Trinajstić information content (AvgIpc) is 2.63.